The van der Waals surface area contributed by atoms with Crippen molar-refractivity contribution in [1.29, 1.82) is 0 Å². The van der Waals surface area contributed by atoms with Gasteiger partial charge in [0.15, 0.2) is 6.10 Å². The van der Waals surface area contributed by atoms with E-state index in [0.29, 0.717) is 6.42 Å². The van der Waals surface area contributed by atoms with Gasteiger partial charge in [-0.15, -0.1) is 0 Å². The fourth-order valence-electron chi connectivity index (χ4n) is 5.60. The minimum atomic E-state index is -4.74. The van der Waals surface area contributed by atoms with Crippen LogP contribution in [0.4, 0.5) is 0 Å². The standard InChI is InChI=1S/C38H73O8P/c1-3-5-7-9-11-13-15-16-17-18-19-20-21-22-23-25-27-29-31-33-38(40)46-36(35-45-47(41,42)43)34-44-37(39)32-30-28-26-24-14-12-10-8-6-4-2/h16-17,36H,3-15,18-35H2,1-2H3,(H2,41,42,43)/b17-16-. The highest BCUT2D eigenvalue weighted by atomic mass is 31.2. The van der Waals surface area contributed by atoms with Gasteiger partial charge in [0, 0.05) is 12.8 Å². The lowest BCUT2D eigenvalue weighted by molar-refractivity contribution is -0.161. The lowest BCUT2D eigenvalue weighted by atomic mass is 10.1. The van der Waals surface area contributed by atoms with Crippen molar-refractivity contribution in [2.75, 3.05) is 13.2 Å². The summed E-state index contributed by atoms with van der Waals surface area (Å²) in [7, 11) is -4.74. The first kappa shape index (κ1) is 45.8. The van der Waals surface area contributed by atoms with Crippen molar-refractivity contribution in [3.8, 4) is 0 Å². The van der Waals surface area contributed by atoms with Crippen molar-refractivity contribution in [2.45, 2.75) is 206 Å². The summed E-state index contributed by atoms with van der Waals surface area (Å²) in [4.78, 5) is 42.6. The van der Waals surface area contributed by atoms with E-state index in [0.717, 1.165) is 38.5 Å². The van der Waals surface area contributed by atoms with Gasteiger partial charge in [0.25, 0.3) is 0 Å². The Morgan fingerprint density at radius 3 is 1.30 bits per heavy atom. The van der Waals surface area contributed by atoms with Gasteiger partial charge >= 0.3 is 19.8 Å². The molecular weight excluding hydrogens is 615 g/mol. The summed E-state index contributed by atoms with van der Waals surface area (Å²) in [6, 6.07) is 0. The minimum absolute atomic E-state index is 0.214. The predicted molar refractivity (Wildman–Crippen MR) is 193 cm³/mol. The first-order valence-electron chi connectivity index (χ1n) is 19.5. The van der Waals surface area contributed by atoms with Crippen LogP contribution in [0.3, 0.4) is 0 Å². The smallest absolute Gasteiger partial charge is 0.462 e. The Labute approximate surface area is 288 Å². The second kappa shape index (κ2) is 34.6. The lowest BCUT2D eigenvalue weighted by Gasteiger charge is -2.18. The molecule has 0 fully saturated rings. The van der Waals surface area contributed by atoms with Gasteiger partial charge in [0.05, 0.1) is 6.61 Å². The summed E-state index contributed by atoms with van der Waals surface area (Å²) in [5.41, 5.74) is 0. The maximum Gasteiger partial charge on any atom is 0.469 e. The molecule has 47 heavy (non-hydrogen) atoms. The molecule has 0 aromatic rings. The van der Waals surface area contributed by atoms with Crippen LogP contribution in [-0.4, -0.2) is 41.0 Å². The van der Waals surface area contributed by atoms with Crippen molar-refractivity contribution in [2.24, 2.45) is 0 Å². The second-order valence-corrected chi connectivity index (χ2v) is 14.5. The summed E-state index contributed by atoms with van der Waals surface area (Å²) < 4.78 is 26.3. The molecule has 0 radical (unpaired) electrons. The van der Waals surface area contributed by atoms with Gasteiger partial charge in [-0.05, 0) is 38.5 Å². The zero-order valence-corrected chi connectivity index (χ0v) is 31.3. The third-order valence-corrected chi connectivity index (χ3v) is 9.02. The molecule has 0 saturated carbocycles. The zero-order chi connectivity index (χ0) is 34.7. The highest BCUT2D eigenvalue weighted by Crippen LogP contribution is 2.36. The largest absolute Gasteiger partial charge is 0.469 e. The number of hydrogen-bond donors (Lipinski definition) is 2. The van der Waals surface area contributed by atoms with Crippen LogP contribution < -0.4 is 0 Å². The molecule has 1 unspecified atom stereocenters. The van der Waals surface area contributed by atoms with Gasteiger partial charge in [-0.2, -0.15) is 0 Å². The van der Waals surface area contributed by atoms with E-state index in [2.05, 4.69) is 30.5 Å². The van der Waals surface area contributed by atoms with Gasteiger partial charge in [-0.3, -0.25) is 14.1 Å². The number of carbonyl (C=O) groups excluding carboxylic acids is 2. The van der Waals surface area contributed by atoms with Crippen molar-refractivity contribution in [3.63, 3.8) is 0 Å². The fourth-order valence-corrected chi connectivity index (χ4v) is 5.96. The molecule has 2 N–H and O–H groups in total. The van der Waals surface area contributed by atoms with Crippen LogP contribution in [0.25, 0.3) is 0 Å². The van der Waals surface area contributed by atoms with Crippen molar-refractivity contribution in [1.82, 2.24) is 0 Å². The predicted octanol–water partition coefficient (Wildman–Crippen LogP) is 11.5. The van der Waals surface area contributed by atoms with E-state index in [-0.39, 0.29) is 19.4 Å². The Morgan fingerprint density at radius 1 is 0.532 bits per heavy atom. The molecule has 0 aromatic carbocycles. The molecule has 278 valence electrons. The molecule has 0 amide bonds. The minimum Gasteiger partial charge on any atom is -0.462 e. The molecule has 8 nitrogen and oxygen atoms in total. The zero-order valence-electron chi connectivity index (χ0n) is 30.4. The van der Waals surface area contributed by atoms with Crippen LogP contribution in [-0.2, 0) is 28.2 Å². The van der Waals surface area contributed by atoms with Crippen LogP contribution in [0, 0.1) is 0 Å². The highest BCUT2D eigenvalue weighted by Gasteiger charge is 2.22. The molecule has 0 aliphatic heterocycles. The van der Waals surface area contributed by atoms with E-state index in [1.807, 2.05) is 0 Å². The summed E-state index contributed by atoms with van der Waals surface area (Å²) in [6.07, 6.45) is 36.5. The maximum atomic E-state index is 12.4. The number of carbonyl (C=O) groups is 2. The summed E-state index contributed by atoms with van der Waals surface area (Å²) in [6.45, 7) is 3.67. The number of phosphoric ester groups is 1. The van der Waals surface area contributed by atoms with E-state index in [9.17, 15) is 14.2 Å². The van der Waals surface area contributed by atoms with Gasteiger partial charge in [-0.1, -0.05) is 161 Å². The Kier molecular flexibility index (Phi) is 33.8. The topological polar surface area (TPSA) is 119 Å². The molecule has 0 aliphatic rings. The quantitative estimate of drug-likeness (QED) is 0.0289. The molecular formula is C38H73O8P. The van der Waals surface area contributed by atoms with Crippen molar-refractivity contribution < 1.29 is 37.9 Å². The van der Waals surface area contributed by atoms with Gasteiger partial charge in [0.2, 0.25) is 0 Å². The molecule has 0 aromatic heterocycles. The average molecular weight is 689 g/mol. The van der Waals surface area contributed by atoms with E-state index < -0.39 is 32.5 Å². The van der Waals surface area contributed by atoms with Crippen molar-refractivity contribution >= 4 is 19.8 Å². The van der Waals surface area contributed by atoms with E-state index >= 15 is 0 Å². The van der Waals surface area contributed by atoms with E-state index in [4.69, 9.17) is 19.3 Å². The van der Waals surface area contributed by atoms with Crippen LogP contribution in [0.5, 0.6) is 0 Å². The number of ether oxygens (including phenoxy) is 2. The number of allylic oxidation sites excluding steroid dienone is 2. The van der Waals surface area contributed by atoms with Crippen molar-refractivity contribution in [3.05, 3.63) is 12.2 Å². The first-order chi connectivity index (χ1) is 22.8. The van der Waals surface area contributed by atoms with E-state index in [1.54, 1.807) is 0 Å². The number of rotatable bonds is 36. The summed E-state index contributed by atoms with van der Waals surface area (Å²) in [5.74, 6) is -0.881. The maximum absolute atomic E-state index is 12.4. The number of hydrogen-bond acceptors (Lipinski definition) is 6. The normalized spacial score (nSPS) is 12.5. The Balaban J connectivity index is 3.89. The monoisotopic (exact) mass is 689 g/mol. The molecule has 0 bridgehead atoms. The Morgan fingerprint density at radius 2 is 0.894 bits per heavy atom. The summed E-state index contributed by atoms with van der Waals surface area (Å²) >= 11 is 0. The number of esters is 2. The summed E-state index contributed by atoms with van der Waals surface area (Å²) in [5, 5.41) is 0. The number of phosphoric acid groups is 1. The van der Waals surface area contributed by atoms with Gasteiger partial charge < -0.3 is 19.3 Å². The second-order valence-electron chi connectivity index (χ2n) is 13.3. The third kappa shape index (κ3) is 37.5. The fraction of sp³-hybridized carbons (Fsp3) is 0.895. The molecule has 0 rings (SSSR count). The highest BCUT2D eigenvalue weighted by molar-refractivity contribution is 7.46. The molecule has 0 heterocycles. The van der Waals surface area contributed by atoms with Crippen LogP contribution in [0.1, 0.15) is 200 Å². The molecule has 0 spiro atoms. The van der Waals surface area contributed by atoms with Gasteiger partial charge in [0.1, 0.15) is 6.61 Å². The van der Waals surface area contributed by atoms with E-state index in [1.165, 1.54) is 128 Å². The third-order valence-electron chi connectivity index (χ3n) is 8.53. The van der Waals surface area contributed by atoms with Crippen LogP contribution >= 0.6 is 7.82 Å². The van der Waals surface area contributed by atoms with Gasteiger partial charge in [-0.25, -0.2) is 4.57 Å². The SMILES string of the molecule is CCCCCCCC/C=C\CCCCCCCCCCCC(=O)OC(COC(=O)CCCCCCCCCCCC)COP(=O)(O)O. The Hall–Kier alpha value is -1.21. The average Bonchev–Trinajstić information content (AvgIpc) is 3.04. The molecule has 0 saturated heterocycles. The Bertz CT molecular complexity index is 782. The molecule has 9 heteroatoms. The molecule has 1 atom stereocenters. The van der Waals surface area contributed by atoms with Crippen LogP contribution in [0.15, 0.2) is 12.2 Å². The van der Waals surface area contributed by atoms with Crippen LogP contribution in [0.2, 0.25) is 0 Å². The molecule has 0 aliphatic carbocycles. The first-order valence-corrected chi connectivity index (χ1v) is 21.0. The lowest BCUT2D eigenvalue weighted by Crippen LogP contribution is -2.29. The number of unbranched alkanes of at least 4 members (excludes halogenated alkanes) is 24.